The van der Waals surface area contributed by atoms with Gasteiger partial charge >= 0.3 is 0 Å². The molecule has 0 heterocycles. The summed E-state index contributed by atoms with van der Waals surface area (Å²) in [6.07, 6.45) is 0.921. The van der Waals surface area contributed by atoms with Crippen LogP contribution in [0.15, 0.2) is 0 Å². The van der Waals surface area contributed by atoms with Crippen LogP contribution in [0, 0.1) is 5.41 Å². The highest BCUT2D eigenvalue weighted by molar-refractivity contribution is 5.73. The van der Waals surface area contributed by atoms with Gasteiger partial charge in [0.1, 0.15) is 0 Å². The van der Waals surface area contributed by atoms with E-state index in [1.165, 1.54) is 0 Å². The molecule has 3 nitrogen and oxygen atoms in total. The summed E-state index contributed by atoms with van der Waals surface area (Å²) in [6.45, 7) is 14.9. The Morgan fingerprint density at radius 3 is 1.88 bits per heavy atom. The average Bonchev–Trinajstić information content (AvgIpc) is 1.99. The minimum Gasteiger partial charge on any atom is -0.338 e. The highest BCUT2D eigenvalue weighted by Gasteiger charge is 2.34. The molecule has 0 saturated carbocycles. The molecule has 2 N–H and O–H groups in total. The summed E-state index contributed by atoms with van der Waals surface area (Å²) in [4.78, 5) is 13.5. The molecule has 0 rings (SSSR count). The standard InChI is InChI=1S/C13H28N2O/c1-8-15(10(2)16)11(13(6,7)14)9-12(3,4)5/h11H,8-9,14H2,1-7H3. The lowest BCUT2D eigenvalue weighted by molar-refractivity contribution is -0.132. The first kappa shape index (κ1) is 15.4. The largest absolute Gasteiger partial charge is 0.338 e. The third kappa shape index (κ3) is 4.97. The van der Waals surface area contributed by atoms with Gasteiger partial charge in [-0.3, -0.25) is 4.79 Å². The highest BCUT2D eigenvalue weighted by Crippen LogP contribution is 2.28. The van der Waals surface area contributed by atoms with Gasteiger partial charge in [-0.1, -0.05) is 20.8 Å². The topological polar surface area (TPSA) is 46.3 Å². The van der Waals surface area contributed by atoms with Crippen molar-refractivity contribution in [2.75, 3.05) is 6.54 Å². The molecule has 0 aliphatic heterocycles. The fourth-order valence-electron chi connectivity index (χ4n) is 2.02. The second-order valence-electron chi connectivity index (χ2n) is 6.41. The zero-order valence-corrected chi connectivity index (χ0v) is 11.9. The normalized spacial score (nSPS) is 14.8. The quantitative estimate of drug-likeness (QED) is 0.803. The molecule has 0 aliphatic carbocycles. The van der Waals surface area contributed by atoms with Crippen LogP contribution in [0.25, 0.3) is 0 Å². The van der Waals surface area contributed by atoms with Crippen LogP contribution in [0.1, 0.15) is 54.9 Å². The van der Waals surface area contributed by atoms with Gasteiger partial charge in [0, 0.05) is 25.0 Å². The van der Waals surface area contributed by atoms with Gasteiger partial charge in [0.25, 0.3) is 0 Å². The molecule has 0 saturated heterocycles. The third-order valence-electron chi connectivity index (χ3n) is 2.79. The molecule has 0 aromatic rings. The summed E-state index contributed by atoms with van der Waals surface area (Å²) in [5.41, 5.74) is 6.01. The first-order valence-electron chi connectivity index (χ1n) is 6.05. The molecular weight excluding hydrogens is 200 g/mol. The average molecular weight is 228 g/mol. The molecule has 0 bridgehead atoms. The van der Waals surface area contributed by atoms with E-state index < -0.39 is 0 Å². The number of rotatable bonds is 4. The fourth-order valence-corrected chi connectivity index (χ4v) is 2.02. The number of hydrogen-bond acceptors (Lipinski definition) is 2. The van der Waals surface area contributed by atoms with E-state index in [1.807, 2.05) is 25.7 Å². The maximum Gasteiger partial charge on any atom is 0.219 e. The van der Waals surface area contributed by atoms with Crippen LogP contribution < -0.4 is 5.73 Å². The number of hydrogen-bond donors (Lipinski definition) is 1. The lowest BCUT2D eigenvalue weighted by Crippen LogP contribution is -2.57. The van der Waals surface area contributed by atoms with Gasteiger partial charge in [-0.25, -0.2) is 0 Å². The minimum absolute atomic E-state index is 0.0926. The first-order chi connectivity index (χ1) is 6.99. The second-order valence-corrected chi connectivity index (χ2v) is 6.41. The van der Waals surface area contributed by atoms with Gasteiger partial charge < -0.3 is 10.6 Å². The van der Waals surface area contributed by atoms with Crippen molar-refractivity contribution in [1.82, 2.24) is 4.90 Å². The fraction of sp³-hybridized carbons (Fsp3) is 0.923. The van der Waals surface area contributed by atoms with Crippen molar-refractivity contribution in [2.24, 2.45) is 11.1 Å². The van der Waals surface area contributed by atoms with E-state index >= 15 is 0 Å². The molecule has 16 heavy (non-hydrogen) atoms. The molecule has 0 aromatic heterocycles. The molecule has 0 aliphatic rings. The van der Waals surface area contributed by atoms with Gasteiger partial charge in [-0.05, 0) is 32.6 Å². The molecule has 0 radical (unpaired) electrons. The van der Waals surface area contributed by atoms with Gasteiger partial charge in [0.15, 0.2) is 0 Å². The van der Waals surface area contributed by atoms with Crippen LogP contribution in [0.2, 0.25) is 0 Å². The maximum absolute atomic E-state index is 11.6. The molecule has 1 atom stereocenters. The van der Waals surface area contributed by atoms with Crippen LogP contribution in [-0.4, -0.2) is 28.9 Å². The van der Waals surface area contributed by atoms with E-state index in [1.54, 1.807) is 6.92 Å². The van der Waals surface area contributed by atoms with E-state index in [0.717, 1.165) is 13.0 Å². The van der Waals surface area contributed by atoms with E-state index in [4.69, 9.17) is 5.73 Å². The number of carbonyl (C=O) groups is 1. The molecule has 0 aromatic carbocycles. The lowest BCUT2D eigenvalue weighted by atomic mass is 9.80. The van der Waals surface area contributed by atoms with Crippen molar-refractivity contribution < 1.29 is 4.79 Å². The van der Waals surface area contributed by atoms with E-state index in [-0.39, 0.29) is 22.9 Å². The number of amides is 1. The van der Waals surface area contributed by atoms with Crippen molar-refractivity contribution in [1.29, 1.82) is 0 Å². The third-order valence-corrected chi connectivity index (χ3v) is 2.79. The van der Waals surface area contributed by atoms with Crippen LogP contribution in [0.3, 0.4) is 0 Å². The Kier molecular flexibility index (Phi) is 4.99. The van der Waals surface area contributed by atoms with E-state index in [9.17, 15) is 4.79 Å². The van der Waals surface area contributed by atoms with E-state index in [0.29, 0.717) is 0 Å². The lowest BCUT2D eigenvalue weighted by Gasteiger charge is -2.42. The minimum atomic E-state index is -0.366. The monoisotopic (exact) mass is 228 g/mol. The zero-order chi connectivity index (χ0) is 13.1. The molecule has 0 fully saturated rings. The number of nitrogens with two attached hydrogens (primary N) is 1. The van der Waals surface area contributed by atoms with Gasteiger partial charge in [0.05, 0.1) is 0 Å². The van der Waals surface area contributed by atoms with Crippen LogP contribution in [0.5, 0.6) is 0 Å². The van der Waals surface area contributed by atoms with Crippen LogP contribution in [0.4, 0.5) is 0 Å². The molecular formula is C13H28N2O. The maximum atomic E-state index is 11.6. The summed E-state index contributed by atoms with van der Waals surface area (Å²) in [6, 6.07) is 0.0926. The summed E-state index contributed by atoms with van der Waals surface area (Å²) < 4.78 is 0. The smallest absolute Gasteiger partial charge is 0.219 e. The molecule has 96 valence electrons. The SMILES string of the molecule is CCN(C(C)=O)C(CC(C)(C)C)C(C)(C)N. The van der Waals surface area contributed by atoms with Crippen molar-refractivity contribution >= 4 is 5.91 Å². The number of likely N-dealkylation sites (N-methyl/N-ethyl adjacent to an activating group) is 1. The van der Waals surface area contributed by atoms with Crippen molar-refractivity contribution in [3.63, 3.8) is 0 Å². The number of carbonyl (C=O) groups excluding carboxylic acids is 1. The first-order valence-corrected chi connectivity index (χ1v) is 6.05. The van der Waals surface area contributed by atoms with Gasteiger partial charge in [-0.15, -0.1) is 0 Å². The molecule has 3 heteroatoms. The van der Waals surface area contributed by atoms with Gasteiger partial charge in [0.2, 0.25) is 5.91 Å². The predicted octanol–water partition coefficient (Wildman–Crippen LogP) is 2.40. The predicted molar refractivity (Wildman–Crippen MR) is 69.2 cm³/mol. The molecule has 1 amide bonds. The Morgan fingerprint density at radius 2 is 1.69 bits per heavy atom. The Morgan fingerprint density at radius 1 is 1.25 bits per heavy atom. The molecule has 1 unspecified atom stereocenters. The van der Waals surface area contributed by atoms with Gasteiger partial charge in [-0.2, -0.15) is 0 Å². The van der Waals surface area contributed by atoms with Crippen molar-refractivity contribution in [3.05, 3.63) is 0 Å². The Balaban J connectivity index is 5.01. The van der Waals surface area contributed by atoms with E-state index in [2.05, 4.69) is 20.8 Å². The summed E-state index contributed by atoms with van der Waals surface area (Å²) in [7, 11) is 0. The number of nitrogens with zero attached hydrogens (tertiary/aromatic N) is 1. The molecule has 0 spiro atoms. The van der Waals surface area contributed by atoms with Crippen LogP contribution >= 0.6 is 0 Å². The Labute approximate surface area is 100 Å². The highest BCUT2D eigenvalue weighted by atomic mass is 16.2. The zero-order valence-electron chi connectivity index (χ0n) is 11.9. The summed E-state index contributed by atoms with van der Waals surface area (Å²) in [5.74, 6) is 0.107. The Bertz CT molecular complexity index is 235. The Hall–Kier alpha value is -0.570. The van der Waals surface area contributed by atoms with Crippen LogP contribution in [-0.2, 0) is 4.79 Å². The second kappa shape index (κ2) is 5.17. The summed E-state index contributed by atoms with van der Waals surface area (Å²) in [5, 5.41) is 0. The van der Waals surface area contributed by atoms with Crippen molar-refractivity contribution in [3.8, 4) is 0 Å². The van der Waals surface area contributed by atoms with Crippen molar-refractivity contribution in [2.45, 2.75) is 66.5 Å². The summed E-state index contributed by atoms with van der Waals surface area (Å²) >= 11 is 0.